The topological polar surface area (TPSA) is 15.3 Å². The van der Waals surface area contributed by atoms with Crippen molar-refractivity contribution in [2.24, 2.45) is 17.8 Å². The van der Waals surface area contributed by atoms with E-state index in [-0.39, 0.29) is 12.4 Å². The van der Waals surface area contributed by atoms with Crippen molar-refractivity contribution in [1.29, 1.82) is 0 Å². The van der Waals surface area contributed by atoms with Crippen LogP contribution in [0.4, 0.5) is 0 Å². The number of allylic oxidation sites excluding steroid dienone is 5. The normalized spacial score (nSPS) is 33.6. The third-order valence-electron chi connectivity index (χ3n) is 8.08. The number of nitrogens with one attached hydrogen (secondary N) is 1. The van der Waals surface area contributed by atoms with Crippen LogP contribution in [0.2, 0.25) is 0 Å². The fraction of sp³-hybridized carbons (Fsp3) is 0.600. The minimum Gasteiger partial charge on any atom is -0.387 e. The van der Waals surface area contributed by atoms with Gasteiger partial charge >= 0.3 is 0 Å². The summed E-state index contributed by atoms with van der Waals surface area (Å²) in [5.74, 6) is 2.48. The van der Waals surface area contributed by atoms with Crippen molar-refractivity contribution in [2.75, 3.05) is 6.54 Å². The maximum Gasteiger partial charge on any atom is 0.0588 e. The molecule has 0 aromatic rings. The molecule has 0 aromatic heterocycles. The summed E-state index contributed by atoms with van der Waals surface area (Å²) < 4.78 is 0. The number of fused-ring (bicyclic) bond motifs is 5. The van der Waals surface area contributed by atoms with Gasteiger partial charge in [0.1, 0.15) is 0 Å². The lowest BCUT2D eigenvalue weighted by Gasteiger charge is -2.38. The molecule has 2 nitrogen and oxygen atoms in total. The highest BCUT2D eigenvalue weighted by molar-refractivity contribution is 5.85. The zero-order valence-corrected chi connectivity index (χ0v) is 17.6. The lowest BCUT2D eigenvalue weighted by atomic mass is 9.74. The third-order valence-corrected chi connectivity index (χ3v) is 8.08. The van der Waals surface area contributed by atoms with Gasteiger partial charge in [-0.25, -0.2) is 0 Å². The molecule has 3 atom stereocenters. The second-order valence-electron chi connectivity index (χ2n) is 9.49. The lowest BCUT2D eigenvalue weighted by Crippen LogP contribution is -2.35. The molecule has 6 rings (SSSR count). The summed E-state index contributed by atoms with van der Waals surface area (Å²) in [6.07, 6.45) is 26.1. The van der Waals surface area contributed by atoms with Crippen LogP contribution in [0, 0.1) is 17.8 Å². The van der Waals surface area contributed by atoms with Gasteiger partial charge in [-0.1, -0.05) is 43.9 Å². The molecule has 2 fully saturated rings. The number of rotatable bonds is 2. The SMILES string of the molecule is C1=CC2=CCC3=C4C(CCC3CC3CCCC3)C3=CNCC=C3N4C2CC1.Cl. The maximum atomic E-state index is 3.51. The lowest BCUT2D eigenvalue weighted by molar-refractivity contribution is 0.301. The van der Waals surface area contributed by atoms with Crippen LogP contribution in [0.3, 0.4) is 0 Å². The van der Waals surface area contributed by atoms with E-state index in [1.165, 1.54) is 64.2 Å². The Morgan fingerprint density at radius 1 is 1.04 bits per heavy atom. The molecule has 3 heterocycles. The van der Waals surface area contributed by atoms with Crippen LogP contribution in [-0.4, -0.2) is 17.5 Å². The van der Waals surface area contributed by atoms with E-state index in [2.05, 4.69) is 40.7 Å². The Kier molecular flexibility index (Phi) is 4.95. The van der Waals surface area contributed by atoms with Crippen LogP contribution in [-0.2, 0) is 0 Å². The van der Waals surface area contributed by atoms with Crippen molar-refractivity contribution in [3.8, 4) is 0 Å². The van der Waals surface area contributed by atoms with Gasteiger partial charge in [0.2, 0.25) is 0 Å². The Morgan fingerprint density at radius 2 is 1.93 bits per heavy atom. The number of halogens is 1. The molecule has 3 unspecified atom stereocenters. The van der Waals surface area contributed by atoms with Crippen LogP contribution < -0.4 is 5.32 Å². The van der Waals surface area contributed by atoms with Gasteiger partial charge in [0.05, 0.1) is 6.04 Å². The monoisotopic (exact) mass is 396 g/mol. The van der Waals surface area contributed by atoms with Gasteiger partial charge in [0, 0.05) is 35.6 Å². The summed E-state index contributed by atoms with van der Waals surface area (Å²) in [4.78, 5) is 2.82. The van der Waals surface area contributed by atoms with Crippen LogP contribution in [0.1, 0.15) is 64.2 Å². The summed E-state index contributed by atoms with van der Waals surface area (Å²) in [5.41, 5.74) is 8.25. The molecule has 3 aliphatic heterocycles. The molecule has 1 saturated carbocycles. The van der Waals surface area contributed by atoms with E-state index in [1.54, 1.807) is 22.5 Å². The first-order valence-electron chi connectivity index (χ1n) is 11.4. The maximum absolute atomic E-state index is 3.51. The van der Waals surface area contributed by atoms with E-state index in [9.17, 15) is 0 Å². The zero-order valence-electron chi connectivity index (χ0n) is 16.8. The first kappa shape index (κ1) is 18.6. The van der Waals surface area contributed by atoms with Crippen LogP contribution in [0.15, 0.2) is 58.6 Å². The van der Waals surface area contributed by atoms with E-state index in [1.807, 2.05) is 5.57 Å². The van der Waals surface area contributed by atoms with E-state index in [0.717, 1.165) is 18.4 Å². The average Bonchev–Trinajstić information content (AvgIpc) is 3.29. The van der Waals surface area contributed by atoms with Crippen molar-refractivity contribution in [2.45, 2.75) is 70.3 Å². The number of hydrogen-bond acceptors (Lipinski definition) is 2. The summed E-state index contributed by atoms with van der Waals surface area (Å²) in [6, 6.07) is 0.575. The predicted octanol–water partition coefficient (Wildman–Crippen LogP) is 6.00. The Bertz CT molecular complexity index is 793. The zero-order chi connectivity index (χ0) is 17.8. The molecule has 1 saturated heterocycles. The molecule has 28 heavy (non-hydrogen) atoms. The molecule has 3 heteroatoms. The second kappa shape index (κ2) is 7.44. The number of nitrogens with zero attached hydrogens (tertiary/aromatic N) is 1. The van der Waals surface area contributed by atoms with Crippen molar-refractivity contribution in [3.63, 3.8) is 0 Å². The molecule has 3 aliphatic carbocycles. The summed E-state index contributed by atoms with van der Waals surface area (Å²) in [6.45, 7) is 0.984. The molecular weight excluding hydrogens is 364 g/mol. The molecule has 0 spiro atoms. The van der Waals surface area contributed by atoms with Gasteiger partial charge in [-0.05, 0) is 67.6 Å². The Labute approximate surface area is 175 Å². The minimum absolute atomic E-state index is 0. The molecular formula is C25H33ClN2. The highest BCUT2D eigenvalue weighted by atomic mass is 35.5. The second-order valence-corrected chi connectivity index (χ2v) is 9.49. The quantitative estimate of drug-likeness (QED) is 0.615. The summed E-state index contributed by atoms with van der Waals surface area (Å²) >= 11 is 0. The largest absolute Gasteiger partial charge is 0.387 e. The minimum atomic E-state index is 0. The molecule has 1 N–H and O–H groups in total. The van der Waals surface area contributed by atoms with Crippen LogP contribution >= 0.6 is 12.4 Å². The van der Waals surface area contributed by atoms with Gasteiger partial charge in [0.15, 0.2) is 0 Å². The molecule has 0 amide bonds. The Morgan fingerprint density at radius 3 is 2.82 bits per heavy atom. The van der Waals surface area contributed by atoms with Crippen molar-refractivity contribution in [1.82, 2.24) is 10.2 Å². The first-order valence-corrected chi connectivity index (χ1v) is 11.4. The van der Waals surface area contributed by atoms with Gasteiger partial charge in [-0.3, -0.25) is 0 Å². The van der Waals surface area contributed by atoms with E-state index >= 15 is 0 Å². The highest BCUT2D eigenvalue weighted by Crippen LogP contribution is 2.55. The van der Waals surface area contributed by atoms with Crippen LogP contribution in [0.5, 0.6) is 0 Å². The fourth-order valence-electron chi connectivity index (χ4n) is 6.88. The summed E-state index contributed by atoms with van der Waals surface area (Å²) in [5, 5.41) is 3.51. The van der Waals surface area contributed by atoms with Gasteiger partial charge in [-0.15, -0.1) is 12.4 Å². The summed E-state index contributed by atoms with van der Waals surface area (Å²) in [7, 11) is 0. The van der Waals surface area contributed by atoms with Crippen molar-refractivity contribution >= 4 is 12.4 Å². The third kappa shape index (κ3) is 2.83. The van der Waals surface area contributed by atoms with E-state index in [0.29, 0.717) is 12.0 Å². The number of hydrogen-bond donors (Lipinski definition) is 1. The molecule has 0 aromatic carbocycles. The average molecular weight is 397 g/mol. The number of dihydropyridines is 1. The van der Waals surface area contributed by atoms with E-state index in [4.69, 9.17) is 0 Å². The fourth-order valence-corrected chi connectivity index (χ4v) is 6.88. The van der Waals surface area contributed by atoms with Gasteiger partial charge < -0.3 is 10.2 Å². The standard InChI is InChI=1S/C25H32N2.ClH/c1-2-6-17(5-1)15-19-10-12-21-22-16-26-14-13-24(22)27-23-8-4-3-7-18(23)9-11-20(19)25(21)27;/h3,7,9,13,16-17,19,21,23,26H,1-2,4-6,8,10-12,14-15H2;1H. The smallest absolute Gasteiger partial charge is 0.0588 e. The predicted molar refractivity (Wildman–Crippen MR) is 118 cm³/mol. The first-order chi connectivity index (χ1) is 13.4. The van der Waals surface area contributed by atoms with Gasteiger partial charge in [-0.2, -0.15) is 0 Å². The molecule has 150 valence electrons. The van der Waals surface area contributed by atoms with E-state index < -0.39 is 0 Å². The van der Waals surface area contributed by atoms with Crippen molar-refractivity contribution in [3.05, 3.63) is 58.6 Å². The van der Waals surface area contributed by atoms with Crippen molar-refractivity contribution < 1.29 is 0 Å². The van der Waals surface area contributed by atoms with Crippen LogP contribution in [0.25, 0.3) is 0 Å². The van der Waals surface area contributed by atoms with Gasteiger partial charge in [0.25, 0.3) is 0 Å². The molecule has 0 bridgehead atoms. The molecule has 6 aliphatic rings. The highest BCUT2D eigenvalue weighted by Gasteiger charge is 2.47. The molecule has 0 radical (unpaired) electrons. The Balaban J connectivity index is 0.00000171. The Hall–Kier alpha value is -1.41.